The van der Waals surface area contributed by atoms with Gasteiger partial charge in [0.25, 0.3) is 0 Å². The fourth-order valence-corrected chi connectivity index (χ4v) is 1.00. The summed E-state index contributed by atoms with van der Waals surface area (Å²) in [5, 5.41) is 11.8. The van der Waals surface area contributed by atoms with Crippen LogP contribution in [0.25, 0.3) is 0 Å². The molecule has 0 aliphatic heterocycles. The van der Waals surface area contributed by atoms with Crippen molar-refractivity contribution in [1.29, 1.82) is 5.26 Å². The molecule has 0 spiro atoms. The van der Waals surface area contributed by atoms with Crippen LogP contribution in [0.5, 0.6) is 0 Å². The highest BCUT2D eigenvalue weighted by Gasteiger charge is 2.18. The highest BCUT2D eigenvalue weighted by Crippen LogP contribution is 2.19. The Morgan fingerprint density at radius 2 is 1.83 bits per heavy atom. The lowest BCUT2D eigenvalue weighted by Crippen LogP contribution is -2.35. The molecule has 1 aromatic rings. The van der Waals surface area contributed by atoms with Gasteiger partial charge in [-0.2, -0.15) is 5.26 Å². The molecule has 0 radical (unpaired) electrons. The van der Waals surface area contributed by atoms with E-state index in [0.717, 1.165) is 6.07 Å². The quantitative estimate of drug-likeness (QED) is 0.464. The van der Waals surface area contributed by atoms with E-state index in [1.807, 2.05) is 5.32 Å². The van der Waals surface area contributed by atoms with Gasteiger partial charge in [0.15, 0.2) is 17.5 Å². The molecule has 2 N–H and O–H groups in total. The third-order valence-electron chi connectivity index (χ3n) is 1.82. The van der Waals surface area contributed by atoms with E-state index < -0.39 is 41.5 Å². The third kappa shape index (κ3) is 2.98. The van der Waals surface area contributed by atoms with Crippen molar-refractivity contribution in [3.63, 3.8) is 0 Å². The number of carbonyl (C=O) groups is 2. The summed E-state index contributed by atoms with van der Waals surface area (Å²) in [4.78, 5) is 22.2. The molecule has 0 fully saturated rings. The normalized spacial score (nSPS) is 9.44. The summed E-state index contributed by atoms with van der Waals surface area (Å²) < 4.78 is 38.5. The van der Waals surface area contributed by atoms with Crippen LogP contribution in [0.3, 0.4) is 0 Å². The lowest BCUT2D eigenvalue weighted by Gasteiger charge is -2.06. The van der Waals surface area contributed by atoms with E-state index >= 15 is 0 Å². The number of anilines is 1. The molecule has 8 heteroatoms. The Bertz CT molecular complexity index is 540. The fourth-order valence-electron chi connectivity index (χ4n) is 1.00. The molecule has 5 nitrogen and oxygen atoms in total. The van der Waals surface area contributed by atoms with Crippen LogP contribution in [0.15, 0.2) is 12.1 Å². The number of nitrogens with one attached hydrogen (secondary N) is 2. The molecule has 0 unspecified atom stereocenters. The molecule has 1 aromatic carbocycles. The Kier molecular flexibility index (Phi) is 4.26. The maximum absolute atomic E-state index is 13.1. The molecule has 94 valence electrons. The lowest BCUT2D eigenvalue weighted by molar-refractivity contribution is -0.136. The number of carbonyl (C=O) groups excluding carboxylic acids is 2. The van der Waals surface area contributed by atoms with Crippen LogP contribution >= 0.6 is 0 Å². The van der Waals surface area contributed by atoms with Crippen LogP contribution in [-0.2, 0) is 9.59 Å². The summed E-state index contributed by atoms with van der Waals surface area (Å²) >= 11 is 0. The number of nitrogens with zero attached hydrogens (tertiary/aromatic N) is 1. The summed E-state index contributed by atoms with van der Waals surface area (Å²) in [6, 6.07) is 2.92. The summed E-state index contributed by atoms with van der Waals surface area (Å²) in [5.41, 5.74) is -0.675. The first-order valence-electron chi connectivity index (χ1n) is 4.57. The topological polar surface area (TPSA) is 82.0 Å². The van der Waals surface area contributed by atoms with Crippen molar-refractivity contribution in [1.82, 2.24) is 5.32 Å². The number of nitriles is 1. The van der Waals surface area contributed by atoms with Crippen LogP contribution < -0.4 is 10.6 Å². The molecule has 2 amide bonds. The highest BCUT2D eigenvalue weighted by molar-refractivity contribution is 6.39. The molecule has 0 aliphatic carbocycles. The third-order valence-corrected chi connectivity index (χ3v) is 1.82. The smallest absolute Gasteiger partial charge is 0.313 e. The minimum absolute atomic E-state index is 0.410. The molecule has 1 rings (SSSR count). The highest BCUT2D eigenvalue weighted by atomic mass is 19.2. The van der Waals surface area contributed by atoms with Gasteiger partial charge in [-0.3, -0.25) is 9.59 Å². The van der Waals surface area contributed by atoms with Gasteiger partial charge in [0, 0.05) is 0 Å². The first kappa shape index (κ1) is 13.5. The predicted molar refractivity (Wildman–Crippen MR) is 53.6 cm³/mol. The number of benzene rings is 1. The minimum Gasteiger partial charge on any atom is -0.335 e. The van der Waals surface area contributed by atoms with Gasteiger partial charge in [0.05, 0.1) is 11.8 Å². The van der Waals surface area contributed by atoms with E-state index in [1.54, 1.807) is 11.4 Å². The first-order valence-corrected chi connectivity index (χ1v) is 4.57. The Morgan fingerprint density at radius 1 is 1.17 bits per heavy atom. The minimum atomic E-state index is -1.76. The zero-order valence-electron chi connectivity index (χ0n) is 8.76. The van der Waals surface area contributed by atoms with Crippen molar-refractivity contribution in [3.8, 4) is 6.07 Å². The van der Waals surface area contributed by atoms with Gasteiger partial charge in [-0.05, 0) is 12.1 Å². The van der Waals surface area contributed by atoms with Gasteiger partial charge in [-0.1, -0.05) is 0 Å². The average molecular weight is 257 g/mol. The molecule has 0 saturated carbocycles. The maximum Gasteiger partial charge on any atom is 0.313 e. The van der Waals surface area contributed by atoms with Crippen molar-refractivity contribution in [2.75, 3.05) is 11.9 Å². The molecule has 0 bridgehead atoms. The zero-order chi connectivity index (χ0) is 13.7. The first-order chi connectivity index (χ1) is 8.47. The van der Waals surface area contributed by atoms with Crippen molar-refractivity contribution >= 4 is 17.5 Å². The molecule has 0 aliphatic rings. The van der Waals surface area contributed by atoms with Crippen LogP contribution in [0.2, 0.25) is 0 Å². The second kappa shape index (κ2) is 5.67. The molecule has 0 aromatic heterocycles. The molecule has 18 heavy (non-hydrogen) atoms. The maximum atomic E-state index is 13.1. The van der Waals surface area contributed by atoms with Gasteiger partial charge in [0.1, 0.15) is 6.54 Å². The second-order valence-electron chi connectivity index (χ2n) is 3.02. The van der Waals surface area contributed by atoms with E-state index in [9.17, 15) is 22.8 Å². The van der Waals surface area contributed by atoms with Gasteiger partial charge >= 0.3 is 11.8 Å². The Hall–Kier alpha value is -2.56. The van der Waals surface area contributed by atoms with Crippen LogP contribution in [0.1, 0.15) is 0 Å². The molecular formula is C10H6F3N3O2. The molecule has 0 atom stereocenters. The van der Waals surface area contributed by atoms with E-state index in [-0.39, 0.29) is 0 Å². The predicted octanol–water partition coefficient (Wildman–Crippen LogP) is 0.682. The number of amides is 2. The number of rotatable bonds is 2. The Morgan fingerprint density at radius 3 is 2.44 bits per heavy atom. The van der Waals surface area contributed by atoms with E-state index in [1.165, 1.54) is 0 Å². The summed E-state index contributed by atoms with van der Waals surface area (Å²) in [5.74, 6) is -7.28. The van der Waals surface area contributed by atoms with Crippen molar-refractivity contribution in [3.05, 3.63) is 29.6 Å². The van der Waals surface area contributed by atoms with Crippen LogP contribution in [0, 0.1) is 28.8 Å². The van der Waals surface area contributed by atoms with Gasteiger partial charge in [-0.15, -0.1) is 0 Å². The number of hydrogen-bond acceptors (Lipinski definition) is 3. The summed E-state index contributed by atoms with van der Waals surface area (Å²) in [7, 11) is 0. The number of hydrogen-bond donors (Lipinski definition) is 2. The molecular weight excluding hydrogens is 251 g/mol. The summed E-state index contributed by atoms with van der Waals surface area (Å²) in [6.07, 6.45) is 0. The number of halogens is 3. The molecule has 0 saturated heterocycles. The van der Waals surface area contributed by atoms with E-state index in [4.69, 9.17) is 5.26 Å². The largest absolute Gasteiger partial charge is 0.335 e. The van der Waals surface area contributed by atoms with E-state index in [0.29, 0.717) is 6.07 Å². The van der Waals surface area contributed by atoms with Crippen LogP contribution in [-0.4, -0.2) is 18.4 Å². The average Bonchev–Trinajstić information content (AvgIpc) is 2.36. The fraction of sp³-hybridized carbons (Fsp3) is 0.100. The summed E-state index contributed by atoms with van der Waals surface area (Å²) in [6.45, 7) is -0.410. The van der Waals surface area contributed by atoms with Gasteiger partial charge in [-0.25, -0.2) is 13.2 Å². The second-order valence-corrected chi connectivity index (χ2v) is 3.02. The SMILES string of the molecule is N#CCNC(=O)C(=O)Nc1ccc(F)c(F)c1F. The lowest BCUT2D eigenvalue weighted by atomic mass is 10.2. The zero-order valence-corrected chi connectivity index (χ0v) is 8.76. The van der Waals surface area contributed by atoms with Crippen molar-refractivity contribution < 1.29 is 22.8 Å². The van der Waals surface area contributed by atoms with E-state index in [2.05, 4.69) is 0 Å². The van der Waals surface area contributed by atoms with Crippen molar-refractivity contribution in [2.24, 2.45) is 0 Å². The molecule has 0 heterocycles. The standard InChI is InChI=1S/C10H6F3N3O2/c11-5-1-2-6(8(13)7(5)12)16-10(18)9(17)15-4-3-14/h1-2H,4H2,(H,15,17)(H,16,18). The Labute approximate surface area is 99.2 Å². The van der Waals surface area contributed by atoms with Gasteiger partial charge in [0.2, 0.25) is 0 Å². The monoisotopic (exact) mass is 257 g/mol. The van der Waals surface area contributed by atoms with Crippen LogP contribution in [0.4, 0.5) is 18.9 Å². The van der Waals surface area contributed by atoms with Crippen molar-refractivity contribution in [2.45, 2.75) is 0 Å². The Balaban J connectivity index is 2.80. The van der Waals surface area contributed by atoms with Gasteiger partial charge < -0.3 is 10.6 Å².